The Morgan fingerprint density at radius 1 is 1.33 bits per heavy atom. The number of nitrogens with one attached hydrogen (secondary N) is 2. The number of amides is 1. The predicted octanol–water partition coefficient (Wildman–Crippen LogP) is 3.58. The Bertz CT molecular complexity index is 569. The van der Waals surface area contributed by atoms with Crippen molar-refractivity contribution in [2.24, 2.45) is 11.7 Å². The zero-order valence-electron chi connectivity index (χ0n) is 15.0. The summed E-state index contributed by atoms with van der Waals surface area (Å²) in [5.74, 6) is 1.09. The zero-order valence-corrected chi connectivity index (χ0v) is 15.0. The van der Waals surface area contributed by atoms with Crippen LogP contribution in [0.1, 0.15) is 40.0 Å². The summed E-state index contributed by atoms with van der Waals surface area (Å²) in [5.41, 5.74) is 6.81. The lowest BCUT2D eigenvalue weighted by Gasteiger charge is -2.22. The maximum Gasteiger partial charge on any atom is 0.412 e. The van der Waals surface area contributed by atoms with Crippen LogP contribution in [0.25, 0.3) is 0 Å². The summed E-state index contributed by atoms with van der Waals surface area (Å²) in [6.07, 6.45) is 2.97. The average molecular weight is 335 g/mol. The fourth-order valence-corrected chi connectivity index (χ4v) is 3.03. The fraction of sp³-hybridized carbons (Fsp3) is 0.611. The van der Waals surface area contributed by atoms with E-state index in [1.54, 1.807) is 7.11 Å². The summed E-state index contributed by atoms with van der Waals surface area (Å²) in [5, 5.41) is 6.29. The third-order valence-corrected chi connectivity index (χ3v) is 4.15. The van der Waals surface area contributed by atoms with Gasteiger partial charge >= 0.3 is 6.09 Å². The van der Waals surface area contributed by atoms with Crippen molar-refractivity contribution in [1.29, 1.82) is 0 Å². The van der Waals surface area contributed by atoms with Gasteiger partial charge in [0.2, 0.25) is 0 Å². The SMILES string of the molecule is COc1ccc(NC2CCCC2CN)cc1NC(=O)OC(C)(C)C. The number of benzene rings is 1. The number of carbonyl (C=O) groups excluding carboxylic acids is 1. The fourth-order valence-electron chi connectivity index (χ4n) is 3.03. The van der Waals surface area contributed by atoms with Gasteiger partial charge in [-0.2, -0.15) is 0 Å². The second-order valence-electron chi connectivity index (χ2n) is 7.22. The Hall–Kier alpha value is -1.95. The maximum atomic E-state index is 12.0. The lowest BCUT2D eigenvalue weighted by atomic mass is 10.0. The largest absolute Gasteiger partial charge is 0.495 e. The number of hydrogen-bond donors (Lipinski definition) is 3. The molecule has 2 atom stereocenters. The first-order valence-corrected chi connectivity index (χ1v) is 8.47. The van der Waals surface area contributed by atoms with Gasteiger partial charge in [0.15, 0.2) is 0 Å². The van der Waals surface area contributed by atoms with Crippen LogP contribution >= 0.6 is 0 Å². The normalized spacial score (nSPS) is 20.5. The summed E-state index contributed by atoms with van der Waals surface area (Å²) in [7, 11) is 1.57. The molecule has 1 aliphatic carbocycles. The van der Waals surface area contributed by atoms with Gasteiger partial charge in [0.05, 0.1) is 12.8 Å². The lowest BCUT2D eigenvalue weighted by Crippen LogP contribution is -2.29. The zero-order chi connectivity index (χ0) is 17.7. The van der Waals surface area contributed by atoms with Crippen LogP contribution in [0, 0.1) is 5.92 Å². The molecule has 2 unspecified atom stereocenters. The molecule has 1 fully saturated rings. The van der Waals surface area contributed by atoms with Gasteiger partial charge in [-0.1, -0.05) is 6.42 Å². The van der Waals surface area contributed by atoms with Gasteiger partial charge in [-0.15, -0.1) is 0 Å². The molecule has 24 heavy (non-hydrogen) atoms. The molecule has 4 N–H and O–H groups in total. The van der Waals surface area contributed by atoms with E-state index in [4.69, 9.17) is 15.2 Å². The number of nitrogens with two attached hydrogens (primary N) is 1. The van der Waals surface area contributed by atoms with Crippen LogP contribution in [0.4, 0.5) is 16.2 Å². The second kappa shape index (κ2) is 7.75. The molecule has 1 aliphatic rings. The molecule has 1 saturated carbocycles. The molecule has 0 bridgehead atoms. The number of rotatable bonds is 5. The standard InChI is InChI=1S/C18H29N3O3/c1-18(2,3)24-17(22)21-15-10-13(8-9-16(15)23-4)20-14-7-5-6-12(14)11-19/h8-10,12,14,20H,5-7,11,19H2,1-4H3,(H,21,22). The summed E-state index contributed by atoms with van der Waals surface area (Å²) < 4.78 is 10.6. The number of methoxy groups -OCH3 is 1. The van der Waals surface area contributed by atoms with Crippen LogP contribution in [0.15, 0.2) is 18.2 Å². The first kappa shape index (κ1) is 18.4. The van der Waals surface area contributed by atoms with Gasteiger partial charge in [-0.25, -0.2) is 4.79 Å². The summed E-state index contributed by atoms with van der Waals surface area (Å²) in [6.45, 7) is 6.18. The topological polar surface area (TPSA) is 85.6 Å². The molecule has 0 aliphatic heterocycles. The molecule has 0 heterocycles. The summed E-state index contributed by atoms with van der Waals surface area (Å²) in [6, 6.07) is 6.03. The van der Waals surface area contributed by atoms with E-state index >= 15 is 0 Å². The van der Waals surface area contributed by atoms with Crippen molar-refractivity contribution in [2.75, 3.05) is 24.3 Å². The van der Waals surface area contributed by atoms with Crippen molar-refractivity contribution in [3.05, 3.63) is 18.2 Å². The van der Waals surface area contributed by atoms with Crippen LogP contribution in [0.3, 0.4) is 0 Å². The summed E-state index contributed by atoms with van der Waals surface area (Å²) >= 11 is 0. The smallest absolute Gasteiger partial charge is 0.412 e. The third kappa shape index (κ3) is 5.03. The van der Waals surface area contributed by atoms with Gasteiger partial charge in [0, 0.05) is 11.7 Å². The minimum Gasteiger partial charge on any atom is -0.495 e. The van der Waals surface area contributed by atoms with E-state index in [9.17, 15) is 4.79 Å². The Morgan fingerprint density at radius 2 is 2.08 bits per heavy atom. The minimum atomic E-state index is -0.550. The first-order chi connectivity index (χ1) is 11.3. The number of ether oxygens (including phenoxy) is 2. The highest BCUT2D eigenvalue weighted by molar-refractivity contribution is 5.88. The van der Waals surface area contributed by atoms with Crippen molar-refractivity contribution < 1.29 is 14.3 Å². The average Bonchev–Trinajstić information content (AvgIpc) is 2.92. The lowest BCUT2D eigenvalue weighted by molar-refractivity contribution is 0.0635. The molecular weight excluding hydrogens is 306 g/mol. The van der Waals surface area contributed by atoms with E-state index in [0.717, 1.165) is 18.5 Å². The van der Waals surface area contributed by atoms with E-state index in [-0.39, 0.29) is 0 Å². The Balaban J connectivity index is 2.10. The van der Waals surface area contributed by atoms with Gasteiger partial charge in [-0.3, -0.25) is 5.32 Å². The molecule has 6 nitrogen and oxygen atoms in total. The molecule has 1 aromatic carbocycles. The highest BCUT2D eigenvalue weighted by Crippen LogP contribution is 2.32. The quantitative estimate of drug-likeness (QED) is 0.766. The molecule has 1 aromatic rings. The van der Waals surface area contributed by atoms with Gasteiger partial charge < -0.3 is 20.5 Å². The highest BCUT2D eigenvalue weighted by atomic mass is 16.6. The van der Waals surface area contributed by atoms with E-state index < -0.39 is 11.7 Å². The minimum absolute atomic E-state index is 0.373. The van der Waals surface area contributed by atoms with Crippen molar-refractivity contribution in [2.45, 2.75) is 51.7 Å². The van der Waals surface area contributed by atoms with Crippen molar-refractivity contribution in [3.8, 4) is 5.75 Å². The van der Waals surface area contributed by atoms with E-state index in [1.165, 1.54) is 6.42 Å². The highest BCUT2D eigenvalue weighted by Gasteiger charge is 2.26. The molecule has 0 spiro atoms. The Labute approximate surface area is 144 Å². The monoisotopic (exact) mass is 335 g/mol. The van der Waals surface area contributed by atoms with Gasteiger partial charge in [-0.05, 0) is 64.3 Å². The van der Waals surface area contributed by atoms with Crippen LogP contribution < -0.4 is 21.1 Å². The Morgan fingerprint density at radius 3 is 2.71 bits per heavy atom. The molecular formula is C18H29N3O3. The van der Waals surface area contributed by atoms with Crippen molar-refractivity contribution >= 4 is 17.5 Å². The summed E-state index contributed by atoms with van der Waals surface area (Å²) in [4.78, 5) is 12.0. The van der Waals surface area contributed by atoms with Crippen LogP contribution in [0.5, 0.6) is 5.75 Å². The second-order valence-corrected chi connectivity index (χ2v) is 7.22. The maximum absolute atomic E-state index is 12.0. The van der Waals surface area contributed by atoms with E-state index in [1.807, 2.05) is 39.0 Å². The molecule has 0 radical (unpaired) electrons. The van der Waals surface area contributed by atoms with Crippen LogP contribution in [-0.2, 0) is 4.74 Å². The Kier molecular flexibility index (Phi) is 5.94. The number of carbonyl (C=O) groups is 1. The van der Waals surface area contributed by atoms with Crippen LogP contribution in [-0.4, -0.2) is 31.4 Å². The molecule has 1 amide bonds. The van der Waals surface area contributed by atoms with Gasteiger partial charge in [0.1, 0.15) is 11.4 Å². The molecule has 0 saturated heterocycles. The van der Waals surface area contributed by atoms with E-state index in [0.29, 0.717) is 29.9 Å². The van der Waals surface area contributed by atoms with E-state index in [2.05, 4.69) is 10.6 Å². The van der Waals surface area contributed by atoms with Crippen molar-refractivity contribution in [1.82, 2.24) is 0 Å². The molecule has 6 heteroatoms. The van der Waals surface area contributed by atoms with Crippen LogP contribution in [0.2, 0.25) is 0 Å². The number of hydrogen-bond acceptors (Lipinski definition) is 5. The molecule has 134 valence electrons. The van der Waals surface area contributed by atoms with Crippen molar-refractivity contribution in [3.63, 3.8) is 0 Å². The molecule has 2 rings (SSSR count). The predicted molar refractivity (Wildman–Crippen MR) is 96.7 cm³/mol. The molecule has 0 aromatic heterocycles. The van der Waals surface area contributed by atoms with Gasteiger partial charge in [0.25, 0.3) is 0 Å². The number of anilines is 2. The third-order valence-electron chi connectivity index (χ3n) is 4.15. The first-order valence-electron chi connectivity index (χ1n) is 8.47.